The topological polar surface area (TPSA) is 58.6 Å². The van der Waals surface area contributed by atoms with E-state index in [1.165, 1.54) is 35.1 Å². The summed E-state index contributed by atoms with van der Waals surface area (Å²) >= 11 is 1.44. The molecule has 29 heavy (non-hydrogen) atoms. The minimum absolute atomic E-state index is 0.0311. The molecule has 1 aliphatic rings. The van der Waals surface area contributed by atoms with Crippen LogP contribution in [0.3, 0.4) is 0 Å². The maximum atomic E-state index is 13.2. The minimum Gasteiger partial charge on any atom is -0.484 e. The first-order chi connectivity index (χ1) is 14.1. The van der Waals surface area contributed by atoms with Crippen LogP contribution in [-0.4, -0.2) is 29.9 Å². The molecule has 0 atom stereocenters. The number of anilines is 1. The smallest absolute Gasteiger partial charge is 0.264 e. The van der Waals surface area contributed by atoms with Gasteiger partial charge in [-0.1, -0.05) is 18.2 Å². The lowest BCUT2D eigenvalue weighted by Crippen LogP contribution is -2.35. The number of halogens is 1. The monoisotopic (exact) mass is 410 g/mol. The summed E-state index contributed by atoms with van der Waals surface area (Å²) < 4.78 is 18.5. The molecule has 148 valence electrons. The van der Waals surface area contributed by atoms with Crippen LogP contribution in [0.4, 0.5) is 10.1 Å². The van der Waals surface area contributed by atoms with E-state index in [1.807, 2.05) is 40.6 Å². The van der Waals surface area contributed by atoms with E-state index in [4.69, 9.17) is 4.74 Å². The van der Waals surface area contributed by atoms with Crippen LogP contribution in [0.1, 0.15) is 20.8 Å². The molecule has 0 unspecified atom stereocenters. The summed E-state index contributed by atoms with van der Waals surface area (Å²) in [4.78, 5) is 27.3. The lowest BCUT2D eigenvalue weighted by Gasteiger charge is -2.29. The molecular weight excluding hydrogens is 391 g/mol. The van der Waals surface area contributed by atoms with E-state index in [-0.39, 0.29) is 18.4 Å². The summed E-state index contributed by atoms with van der Waals surface area (Å²) in [5.74, 6) is -0.423. The fraction of sp³-hybridized carbons (Fsp3) is 0.182. The quantitative estimate of drug-likeness (QED) is 0.689. The van der Waals surface area contributed by atoms with E-state index in [2.05, 4.69) is 5.32 Å². The predicted octanol–water partition coefficient (Wildman–Crippen LogP) is 4.10. The first-order valence-corrected chi connectivity index (χ1v) is 10.1. The number of carbonyl (C=O) groups excluding carboxylic acids is 2. The molecule has 0 bridgehead atoms. The van der Waals surface area contributed by atoms with Gasteiger partial charge in [-0.3, -0.25) is 9.59 Å². The molecule has 1 aliphatic heterocycles. The van der Waals surface area contributed by atoms with Crippen LogP contribution >= 0.6 is 11.3 Å². The van der Waals surface area contributed by atoms with Gasteiger partial charge in [0.15, 0.2) is 6.61 Å². The Morgan fingerprint density at radius 2 is 2.00 bits per heavy atom. The van der Waals surface area contributed by atoms with Crippen molar-refractivity contribution in [2.45, 2.75) is 13.0 Å². The average molecular weight is 410 g/mol. The summed E-state index contributed by atoms with van der Waals surface area (Å²) in [6.45, 7) is 0.968. The third kappa shape index (κ3) is 4.63. The van der Waals surface area contributed by atoms with E-state index >= 15 is 0 Å². The highest BCUT2D eigenvalue weighted by Crippen LogP contribution is 2.25. The van der Waals surface area contributed by atoms with E-state index in [9.17, 15) is 14.0 Å². The van der Waals surface area contributed by atoms with Crippen molar-refractivity contribution >= 4 is 28.8 Å². The van der Waals surface area contributed by atoms with Gasteiger partial charge in [0.05, 0.1) is 4.88 Å². The van der Waals surface area contributed by atoms with Crippen LogP contribution in [0.5, 0.6) is 5.75 Å². The zero-order valence-electron chi connectivity index (χ0n) is 15.6. The Morgan fingerprint density at radius 3 is 2.79 bits per heavy atom. The molecule has 5 nitrogen and oxygen atoms in total. The first-order valence-electron chi connectivity index (χ1n) is 9.21. The molecule has 2 amide bonds. The van der Waals surface area contributed by atoms with Crippen molar-refractivity contribution < 1.29 is 18.7 Å². The molecule has 4 rings (SSSR count). The number of nitrogens with zero attached hydrogens (tertiary/aromatic N) is 1. The van der Waals surface area contributed by atoms with Gasteiger partial charge in [-0.2, -0.15) is 0 Å². The Balaban J connectivity index is 1.38. The van der Waals surface area contributed by atoms with Crippen LogP contribution in [0.2, 0.25) is 0 Å². The Kier molecular flexibility index (Phi) is 5.57. The number of nitrogens with one attached hydrogen (secondary N) is 1. The second kappa shape index (κ2) is 8.45. The van der Waals surface area contributed by atoms with Crippen LogP contribution in [0.25, 0.3) is 0 Å². The number of benzene rings is 2. The fourth-order valence-electron chi connectivity index (χ4n) is 3.27. The predicted molar refractivity (Wildman–Crippen MR) is 110 cm³/mol. The molecule has 2 aromatic carbocycles. The molecule has 0 spiro atoms. The van der Waals surface area contributed by atoms with Gasteiger partial charge in [0, 0.05) is 24.8 Å². The average Bonchev–Trinajstić information content (AvgIpc) is 3.26. The molecule has 0 radical (unpaired) electrons. The molecule has 3 aromatic rings. The van der Waals surface area contributed by atoms with Gasteiger partial charge in [0.1, 0.15) is 11.6 Å². The molecular formula is C22H19FN2O3S. The lowest BCUT2D eigenvalue weighted by atomic mass is 9.99. The largest absolute Gasteiger partial charge is 0.484 e. The second-order valence-electron chi connectivity index (χ2n) is 6.73. The van der Waals surface area contributed by atoms with Crippen molar-refractivity contribution in [3.05, 3.63) is 81.8 Å². The Bertz CT molecular complexity index is 1040. The van der Waals surface area contributed by atoms with Crippen LogP contribution < -0.4 is 10.1 Å². The number of carbonyl (C=O) groups is 2. The van der Waals surface area contributed by atoms with E-state index < -0.39 is 5.82 Å². The molecule has 2 heterocycles. The molecule has 0 saturated heterocycles. The first kappa shape index (κ1) is 19.1. The van der Waals surface area contributed by atoms with Crippen molar-refractivity contribution in [3.8, 4) is 5.75 Å². The fourth-order valence-corrected chi connectivity index (χ4v) is 3.96. The van der Waals surface area contributed by atoms with Gasteiger partial charge < -0.3 is 15.0 Å². The van der Waals surface area contributed by atoms with Crippen molar-refractivity contribution in [3.63, 3.8) is 0 Å². The zero-order chi connectivity index (χ0) is 20.2. The zero-order valence-corrected chi connectivity index (χ0v) is 16.4. The standard InChI is InChI=1S/C22H19FN2O3S/c23-17-3-1-4-19(12-17)28-14-21(26)24-18-7-6-15-8-9-25(13-16(15)11-18)22(27)20-5-2-10-29-20/h1-7,10-12H,8-9,13-14H2,(H,24,26). The maximum absolute atomic E-state index is 13.2. The van der Waals surface area contributed by atoms with Crippen molar-refractivity contribution in [1.82, 2.24) is 4.90 Å². The summed E-state index contributed by atoms with van der Waals surface area (Å²) in [6.07, 6.45) is 0.781. The normalized spacial score (nSPS) is 12.9. The molecule has 0 saturated carbocycles. The van der Waals surface area contributed by atoms with Crippen molar-refractivity contribution in [2.24, 2.45) is 0 Å². The number of rotatable bonds is 5. The SMILES string of the molecule is O=C(COc1cccc(F)c1)Nc1ccc2c(c1)CN(C(=O)c1cccs1)CC2. The van der Waals surface area contributed by atoms with E-state index in [1.54, 1.807) is 6.07 Å². The van der Waals surface area contributed by atoms with Gasteiger partial charge in [-0.05, 0) is 53.3 Å². The number of amides is 2. The summed E-state index contributed by atoms with van der Waals surface area (Å²) in [7, 11) is 0. The highest BCUT2D eigenvalue weighted by atomic mass is 32.1. The van der Waals surface area contributed by atoms with Crippen molar-refractivity contribution in [2.75, 3.05) is 18.5 Å². The van der Waals surface area contributed by atoms with Crippen LogP contribution in [0, 0.1) is 5.82 Å². The summed E-state index contributed by atoms with van der Waals surface area (Å²) in [5, 5.41) is 4.68. The van der Waals surface area contributed by atoms with Crippen LogP contribution in [0.15, 0.2) is 60.0 Å². The Morgan fingerprint density at radius 1 is 1.10 bits per heavy atom. The third-order valence-electron chi connectivity index (χ3n) is 4.69. The van der Waals surface area contributed by atoms with Gasteiger partial charge in [0.2, 0.25) is 0 Å². The highest BCUT2D eigenvalue weighted by Gasteiger charge is 2.22. The number of ether oxygens (including phenoxy) is 1. The lowest BCUT2D eigenvalue weighted by molar-refractivity contribution is -0.118. The molecule has 7 heteroatoms. The van der Waals surface area contributed by atoms with Crippen molar-refractivity contribution in [1.29, 1.82) is 0 Å². The van der Waals surface area contributed by atoms with Crippen LogP contribution in [-0.2, 0) is 17.8 Å². The van der Waals surface area contributed by atoms with Gasteiger partial charge in [-0.25, -0.2) is 4.39 Å². The van der Waals surface area contributed by atoms with Gasteiger partial charge in [0.25, 0.3) is 11.8 Å². The molecule has 0 aliphatic carbocycles. The molecule has 1 aromatic heterocycles. The highest BCUT2D eigenvalue weighted by molar-refractivity contribution is 7.12. The Hall–Kier alpha value is -3.19. The van der Waals surface area contributed by atoms with E-state index in [0.717, 1.165) is 16.9 Å². The maximum Gasteiger partial charge on any atom is 0.264 e. The van der Waals surface area contributed by atoms with Gasteiger partial charge in [-0.15, -0.1) is 11.3 Å². The third-order valence-corrected chi connectivity index (χ3v) is 5.55. The second-order valence-corrected chi connectivity index (χ2v) is 7.68. The number of thiophene rings is 1. The summed E-state index contributed by atoms with van der Waals surface area (Å²) in [5.41, 5.74) is 2.83. The van der Waals surface area contributed by atoms with Gasteiger partial charge >= 0.3 is 0 Å². The molecule has 0 fully saturated rings. The Labute approximate surface area is 171 Å². The van der Waals surface area contributed by atoms with E-state index in [0.29, 0.717) is 24.5 Å². The number of fused-ring (bicyclic) bond motifs is 1. The minimum atomic E-state index is -0.417. The number of hydrogen-bond acceptors (Lipinski definition) is 4. The number of hydrogen-bond donors (Lipinski definition) is 1. The molecule has 1 N–H and O–H groups in total. The summed E-state index contributed by atoms with van der Waals surface area (Å²) in [6, 6.07) is 15.1.